The lowest BCUT2D eigenvalue weighted by atomic mass is 10.1. The molecule has 0 fully saturated rings. The van der Waals surface area contributed by atoms with Gasteiger partial charge in [0.2, 0.25) is 0 Å². The molecule has 0 aromatic carbocycles. The summed E-state index contributed by atoms with van der Waals surface area (Å²) in [5.41, 5.74) is 0. The van der Waals surface area contributed by atoms with Gasteiger partial charge in [0.1, 0.15) is 0 Å². The van der Waals surface area contributed by atoms with Crippen LogP contribution in [0, 0.1) is 23.7 Å². The van der Waals surface area contributed by atoms with E-state index in [1.54, 1.807) is 12.2 Å². The number of unbranched alkanes of at least 4 members (excludes halogenated alkanes) is 4. The Kier molecular flexibility index (Phi) is 12.5. The number of aliphatic hydroxyl groups is 1. The van der Waals surface area contributed by atoms with Gasteiger partial charge in [0, 0.05) is 6.42 Å². The third kappa shape index (κ3) is 12.6. The van der Waals surface area contributed by atoms with Gasteiger partial charge in [-0.25, -0.2) is 0 Å². The van der Waals surface area contributed by atoms with Gasteiger partial charge in [0.25, 0.3) is 0 Å². The van der Waals surface area contributed by atoms with Crippen LogP contribution in [0.4, 0.5) is 0 Å². The van der Waals surface area contributed by atoms with Gasteiger partial charge in [-0.1, -0.05) is 37.7 Å². The smallest absolute Gasteiger partial charge is 0.0730 e. The van der Waals surface area contributed by atoms with E-state index in [0.29, 0.717) is 0 Å². The van der Waals surface area contributed by atoms with Crippen LogP contribution >= 0.6 is 0 Å². The van der Waals surface area contributed by atoms with Crippen LogP contribution in [0.15, 0.2) is 24.8 Å². The normalized spacial score (nSPS) is 11.2. The SMILES string of the molecule is C=CCCCCC[C@@H](O)/C=C/C#CC#CCCC. The summed E-state index contributed by atoms with van der Waals surface area (Å²) in [6.07, 6.45) is 12.2. The van der Waals surface area contributed by atoms with E-state index < -0.39 is 0 Å². The van der Waals surface area contributed by atoms with Gasteiger partial charge in [0.05, 0.1) is 6.10 Å². The largest absolute Gasteiger partial charge is 0.389 e. The first-order valence-corrected chi connectivity index (χ1v) is 6.75. The first kappa shape index (κ1) is 16.6. The second-order valence-corrected chi connectivity index (χ2v) is 4.17. The number of rotatable bonds is 8. The Morgan fingerprint density at radius 1 is 1.22 bits per heavy atom. The van der Waals surface area contributed by atoms with E-state index in [9.17, 15) is 5.11 Å². The highest BCUT2D eigenvalue weighted by Crippen LogP contribution is 2.06. The second-order valence-electron chi connectivity index (χ2n) is 4.17. The van der Waals surface area contributed by atoms with Crippen molar-refractivity contribution in [2.45, 2.75) is 58.0 Å². The van der Waals surface area contributed by atoms with Crippen molar-refractivity contribution in [2.75, 3.05) is 0 Å². The molecule has 0 unspecified atom stereocenters. The highest BCUT2D eigenvalue weighted by Gasteiger charge is 1.97. The molecule has 0 aliphatic heterocycles. The predicted molar refractivity (Wildman–Crippen MR) is 78.9 cm³/mol. The molecule has 0 saturated carbocycles. The molecule has 1 nitrogen and oxygen atoms in total. The van der Waals surface area contributed by atoms with E-state index >= 15 is 0 Å². The molecule has 1 heteroatoms. The Hall–Kier alpha value is -1.44. The molecule has 0 bridgehead atoms. The van der Waals surface area contributed by atoms with Gasteiger partial charge < -0.3 is 5.11 Å². The summed E-state index contributed by atoms with van der Waals surface area (Å²) >= 11 is 0. The van der Waals surface area contributed by atoms with Crippen LogP contribution in [0.2, 0.25) is 0 Å². The molecule has 0 rings (SSSR count). The van der Waals surface area contributed by atoms with E-state index in [1.165, 1.54) is 0 Å². The molecule has 1 atom stereocenters. The van der Waals surface area contributed by atoms with Crippen molar-refractivity contribution in [1.29, 1.82) is 0 Å². The molecule has 0 amide bonds. The van der Waals surface area contributed by atoms with Crippen LogP contribution in [0.5, 0.6) is 0 Å². The summed E-state index contributed by atoms with van der Waals surface area (Å²) in [4.78, 5) is 0. The standard InChI is InChI=1S/C17H24O/c1-3-5-7-9-10-12-14-16-17(18)15-13-11-8-6-4-2/h4,14,16-18H,2-3,5-6,8,11,13,15H2,1H3/b16-14+/t17-/m1/s1. The van der Waals surface area contributed by atoms with E-state index in [1.807, 2.05) is 6.08 Å². The molecule has 0 aromatic heterocycles. The first-order chi connectivity index (χ1) is 8.81. The lowest BCUT2D eigenvalue weighted by Crippen LogP contribution is -2.01. The number of hydrogen-bond donors (Lipinski definition) is 1. The average molecular weight is 244 g/mol. The van der Waals surface area contributed by atoms with Crippen molar-refractivity contribution in [2.24, 2.45) is 0 Å². The van der Waals surface area contributed by atoms with Crippen molar-refractivity contribution in [3.8, 4) is 23.7 Å². The van der Waals surface area contributed by atoms with Gasteiger partial charge in [0.15, 0.2) is 0 Å². The maximum absolute atomic E-state index is 9.64. The zero-order valence-electron chi connectivity index (χ0n) is 11.4. The number of hydrogen-bond acceptors (Lipinski definition) is 1. The quantitative estimate of drug-likeness (QED) is 0.391. The fourth-order valence-corrected chi connectivity index (χ4v) is 1.38. The molecular formula is C17H24O. The van der Waals surface area contributed by atoms with Gasteiger partial charge in [-0.2, -0.15) is 0 Å². The predicted octanol–water partition coefficient (Wildman–Crippen LogP) is 3.85. The number of aliphatic hydroxyl groups excluding tert-OH is 1. The van der Waals surface area contributed by atoms with Gasteiger partial charge in [-0.3, -0.25) is 0 Å². The van der Waals surface area contributed by atoms with E-state index in [2.05, 4.69) is 37.2 Å². The fourth-order valence-electron chi connectivity index (χ4n) is 1.38. The van der Waals surface area contributed by atoms with E-state index in [-0.39, 0.29) is 6.10 Å². The van der Waals surface area contributed by atoms with Gasteiger partial charge >= 0.3 is 0 Å². The molecule has 0 aromatic rings. The fraction of sp³-hybridized carbons (Fsp3) is 0.529. The molecule has 0 heterocycles. The summed E-state index contributed by atoms with van der Waals surface area (Å²) in [5.74, 6) is 11.3. The molecule has 0 spiro atoms. The number of allylic oxidation sites excluding steroid dienone is 2. The van der Waals surface area contributed by atoms with Crippen molar-refractivity contribution >= 4 is 0 Å². The topological polar surface area (TPSA) is 20.2 Å². The minimum Gasteiger partial charge on any atom is -0.389 e. The highest BCUT2D eigenvalue weighted by molar-refractivity contribution is 5.30. The lowest BCUT2D eigenvalue weighted by molar-refractivity contribution is 0.208. The zero-order chi connectivity index (χ0) is 13.5. The summed E-state index contributed by atoms with van der Waals surface area (Å²) in [7, 11) is 0. The Bertz CT molecular complexity index is 343. The van der Waals surface area contributed by atoms with Gasteiger partial charge in [-0.05, 0) is 49.7 Å². The Balaban J connectivity index is 3.64. The molecule has 18 heavy (non-hydrogen) atoms. The average Bonchev–Trinajstić information content (AvgIpc) is 2.37. The molecule has 0 saturated heterocycles. The zero-order valence-corrected chi connectivity index (χ0v) is 11.4. The van der Waals surface area contributed by atoms with Crippen LogP contribution in [-0.4, -0.2) is 11.2 Å². The third-order valence-corrected chi connectivity index (χ3v) is 2.41. The Morgan fingerprint density at radius 3 is 2.78 bits per heavy atom. The van der Waals surface area contributed by atoms with Crippen molar-refractivity contribution in [3.63, 3.8) is 0 Å². The molecule has 98 valence electrons. The summed E-state index contributed by atoms with van der Waals surface area (Å²) in [6.45, 7) is 5.77. The van der Waals surface area contributed by atoms with Crippen molar-refractivity contribution in [3.05, 3.63) is 24.8 Å². The molecule has 1 N–H and O–H groups in total. The van der Waals surface area contributed by atoms with Crippen LogP contribution < -0.4 is 0 Å². The third-order valence-electron chi connectivity index (χ3n) is 2.41. The van der Waals surface area contributed by atoms with E-state index in [0.717, 1.165) is 44.9 Å². The van der Waals surface area contributed by atoms with Crippen LogP contribution in [0.3, 0.4) is 0 Å². The van der Waals surface area contributed by atoms with Crippen molar-refractivity contribution in [1.82, 2.24) is 0 Å². The molecular weight excluding hydrogens is 220 g/mol. The maximum Gasteiger partial charge on any atom is 0.0730 e. The van der Waals surface area contributed by atoms with Crippen LogP contribution in [0.1, 0.15) is 51.9 Å². The summed E-state index contributed by atoms with van der Waals surface area (Å²) in [5, 5.41) is 9.64. The summed E-state index contributed by atoms with van der Waals surface area (Å²) in [6, 6.07) is 0. The minimum absolute atomic E-state index is 0.383. The first-order valence-electron chi connectivity index (χ1n) is 6.75. The summed E-state index contributed by atoms with van der Waals surface area (Å²) < 4.78 is 0. The van der Waals surface area contributed by atoms with Crippen LogP contribution in [-0.2, 0) is 0 Å². The molecule has 0 radical (unpaired) electrons. The Morgan fingerprint density at radius 2 is 2.06 bits per heavy atom. The lowest BCUT2D eigenvalue weighted by Gasteiger charge is -2.03. The van der Waals surface area contributed by atoms with Crippen molar-refractivity contribution < 1.29 is 5.11 Å². The van der Waals surface area contributed by atoms with Gasteiger partial charge in [-0.15, -0.1) is 6.58 Å². The van der Waals surface area contributed by atoms with E-state index in [4.69, 9.17) is 0 Å². The minimum atomic E-state index is -0.383. The Labute approximate surface area is 112 Å². The van der Waals surface area contributed by atoms with Crippen LogP contribution in [0.25, 0.3) is 0 Å². The molecule has 0 aliphatic rings. The monoisotopic (exact) mass is 244 g/mol. The maximum atomic E-state index is 9.64. The molecule has 0 aliphatic carbocycles. The highest BCUT2D eigenvalue weighted by atomic mass is 16.3. The second kappa shape index (κ2) is 13.6.